The maximum Gasteiger partial charge on any atom is 0.236 e. The van der Waals surface area contributed by atoms with Gasteiger partial charge in [0.2, 0.25) is 5.91 Å². The molecule has 1 saturated heterocycles. The van der Waals surface area contributed by atoms with Crippen molar-refractivity contribution in [3.8, 4) is 0 Å². The highest BCUT2D eigenvalue weighted by molar-refractivity contribution is 9.11. The molecule has 0 aromatic carbocycles. The Morgan fingerprint density at radius 1 is 1.53 bits per heavy atom. The van der Waals surface area contributed by atoms with E-state index in [-0.39, 0.29) is 18.3 Å². The highest BCUT2D eigenvalue weighted by Crippen LogP contribution is 2.21. The van der Waals surface area contributed by atoms with Gasteiger partial charge in [-0.25, -0.2) is 0 Å². The van der Waals surface area contributed by atoms with Gasteiger partial charge in [-0.15, -0.1) is 23.7 Å². The lowest BCUT2D eigenvalue weighted by atomic mass is 10.3. The van der Waals surface area contributed by atoms with E-state index >= 15 is 0 Å². The van der Waals surface area contributed by atoms with Crippen LogP contribution in [0.3, 0.4) is 0 Å². The molecule has 0 bridgehead atoms. The van der Waals surface area contributed by atoms with Crippen molar-refractivity contribution >= 4 is 45.6 Å². The van der Waals surface area contributed by atoms with Crippen LogP contribution in [0, 0.1) is 0 Å². The Morgan fingerprint density at radius 3 is 2.79 bits per heavy atom. The lowest BCUT2D eigenvalue weighted by Crippen LogP contribution is -2.49. The van der Waals surface area contributed by atoms with E-state index in [9.17, 15) is 4.79 Å². The summed E-state index contributed by atoms with van der Waals surface area (Å²) < 4.78 is 1.14. The second-order valence-electron chi connectivity index (χ2n) is 4.56. The van der Waals surface area contributed by atoms with E-state index in [4.69, 9.17) is 0 Å². The first-order chi connectivity index (χ1) is 8.65. The predicted molar refractivity (Wildman–Crippen MR) is 85.1 cm³/mol. The lowest BCUT2D eigenvalue weighted by molar-refractivity contribution is -0.132. The van der Waals surface area contributed by atoms with Gasteiger partial charge in [0.25, 0.3) is 0 Å². The Balaban J connectivity index is 0.00000180. The molecule has 0 saturated carbocycles. The van der Waals surface area contributed by atoms with Crippen LogP contribution in [0.25, 0.3) is 0 Å². The fourth-order valence-electron chi connectivity index (χ4n) is 2.04. The minimum atomic E-state index is 0. The normalized spacial score (nSPS) is 15.4. The second-order valence-corrected chi connectivity index (χ2v) is 6.85. The Hall–Kier alpha value is -0.140. The number of rotatable bonds is 4. The van der Waals surface area contributed by atoms with Crippen LogP contribution in [0.4, 0.5) is 0 Å². The summed E-state index contributed by atoms with van der Waals surface area (Å²) in [7, 11) is 1.99. The molecule has 1 fully saturated rings. The van der Waals surface area contributed by atoms with Crippen molar-refractivity contribution in [3.63, 3.8) is 0 Å². The van der Waals surface area contributed by atoms with Crippen molar-refractivity contribution in [2.45, 2.75) is 6.54 Å². The average Bonchev–Trinajstić information content (AvgIpc) is 2.75. The maximum atomic E-state index is 12.1. The van der Waals surface area contributed by atoms with Crippen LogP contribution in [0.1, 0.15) is 5.56 Å². The van der Waals surface area contributed by atoms with Crippen molar-refractivity contribution in [2.24, 2.45) is 0 Å². The van der Waals surface area contributed by atoms with Crippen LogP contribution in [0.2, 0.25) is 0 Å². The third-order valence-corrected chi connectivity index (χ3v) is 4.50. The van der Waals surface area contributed by atoms with Gasteiger partial charge in [-0.1, -0.05) is 0 Å². The SMILES string of the molecule is CN(CC(=O)N1CCNCC1)Cc1csc(Br)c1.Cl. The number of hydrogen-bond acceptors (Lipinski definition) is 4. The molecule has 0 aliphatic carbocycles. The number of nitrogens with one attached hydrogen (secondary N) is 1. The van der Waals surface area contributed by atoms with E-state index in [2.05, 4.69) is 37.6 Å². The van der Waals surface area contributed by atoms with Crippen LogP contribution in [0.5, 0.6) is 0 Å². The van der Waals surface area contributed by atoms with Gasteiger partial charge in [0.1, 0.15) is 0 Å². The zero-order valence-electron chi connectivity index (χ0n) is 10.9. The van der Waals surface area contributed by atoms with Crippen LogP contribution in [0.15, 0.2) is 15.2 Å². The molecule has 19 heavy (non-hydrogen) atoms. The lowest BCUT2D eigenvalue weighted by Gasteiger charge is -2.29. The number of carbonyl (C=O) groups excluding carboxylic acids is 1. The third kappa shape index (κ3) is 5.39. The van der Waals surface area contributed by atoms with Gasteiger partial charge in [0.05, 0.1) is 10.3 Å². The molecule has 2 rings (SSSR count). The molecule has 0 radical (unpaired) electrons. The highest BCUT2D eigenvalue weighted by Gasteiger charge is 2.17. The number of amides is 1. The van der Waals surface area contributed by atoms with Gasteiger partial charge < -0.3 is 10.2 Å². The largest absolute Gasteiger partial charge is 0.339 e. The van der Waals surface area contributed by atoms with Crippen molar-refractivity contribution < 1.29 is 4.79 Å². The van der Waals surface area contributed by atoms with Crippen molar-refractivity contribution in [2.75, 3.05) is 39.8 Å². The van der Waals surface area contributed by atoms with Gasteiger partial charge in [-0.05, 0) is 40.0 Å². The maximum absolute atomic E-state index is 12.1. The molecule has 1 aliphatic heterocycles. The molecule has 1 amide bonds. The Labute approximate surface area is 132 Å². The fraction of sp³-hybridized carbons (Fsp3) is 0.583. The zero-order chi connectivity index (χ0) is 13.0. The monoisotopic (exact) mass is 367 g/mol. The number of hydrogen-bond donors (Lipinski definition) is 1. The molecule has 0 atom stereocenters. The molecule has 7 heteroatoms. The summed E-state index contributed by atoms with van der Waals surface area (Å²) >= 11 is 5.13. The summed E-state index contributed by atoms with van der Waals surface area (Å²) in [4.78, 5) is 16.1. The van der Waals surface area contributed by atoms with Crippen LogP contribution < -0.4 is 5.32 Å². The molecule has 108 valence electrons. The number of likely N-dealkylation sites (N-methyl/N-ethyl adjacent to an activating group) is 1. The van der Waals surface area contributed by atoms with E-state index in [0.29, 0.717) is 6.54 Å². The molecule has 1 aromatic heterocycles. The molecule has 1 aliphatic rings. The summed E-state index contributed by atoms with van der Waals surface area (Å²) in [6.45, 7) is 4.79. The number of halogens is 2. The predicted octanol–water partition coefficient (Wildman–Crippen LogP) is 1.80. The first-order valence-electron chi connectivity index (χ1n) is 6.05. The Bertz CT molecular complexity index is 409. The number of thiophene rings is 1. The van der Waals surface area contributed by atoms with Crippen LogP contribution in [-0.2, 0) is 11.3 Å². The third-order valence-electron chi connectivity index (χ3n) is 2.95. The van der Waals surface area contributed by atoms with Crippen molar-refractivity contribution in [3.05, 3.63) is 20.8 Å². The summed E-state index contributed by atoms with van der Waals surface area (Å²) in [6.07, 6.45) is 0. The van der Waals surface area contributed by atoms with Crippen LogP contribution in [-0.4, -0.2) is 55.5 Å². The molecular weight excluding hydrogens is 350 g/mol. The first-order valence-corrected chi connectivity index (χ1v) is 7.72. The van der Waals surface area contributed by atoms with Gasteiger partial charge >= 0.3 is 0 Å². The fourth-order valence-corrected chi connectivity index (χ4v) is 3.24. The molecule has 1 N–H and O–H groups in total. The van der Waals surface area contributed by atoms with Gasteiger partial charge in [0, 0.05) is 32.7 Å². The number of carbonyl (C=O) groups is 1. The molecule has 0 unspecified atom stereocenters. The van der Waals surface area contributed by atoms with E-state index in [0.717, 1.165) is 36.5 Å². The van der Waals surface area contributed by atoms with Crippen molar-refractivity contribution in [1.29, 1.82) is 0 Å². The Morgan fingerprint density at radius 2 is 2.21 bits per heavy atom. The van der Waals surface area contributed by atoms with Gasteiger partial charge in [0.15, 0.2) is 0 Å². The van der Waals surface area contributed by atoms with E-state index in [1.807, 2.05) is 11.9 Å². The highest BCUT2D eigenvalue weighted by atomic mass is 79.9. The van der Waals surface area contributed by atoms with E-state index < -0.39 is 0 Å². The van der Waals surface area contributed by atoms with E-state index in [1.54, 1.807) is 11.3 Å². The quantitative estimate of drug-likeness (QED) is 0.880. The molecule has 2 heterocycles. The minimum Gasteiger partial charge on any atom is -0.339 e. The second kappa shape index (κ2) is 8.21. The topological polar surface area (TPSA) is 35.6 Å². The van der Waals surface area contributed by atoms with Gasteiger partial charge in [-0.2, -0.15) is 0 Å². The molecule has 4 nitrogen and oxygen atoms in total. The summed E-state index contributed by atoms with van der Waals surface area (Å²) in [6, 6.07) is 2.11. The van der Waals surface area contributed by atoms with Crippen molar-refractivity contribution in [1.82, 2.24) is 15.1 Å². The molecular formula is C12H19BrClN3OS. The first kappa shape index (κ1) is 16.9. The minimum absolute atomic E-state index is 0. The standard InChI is InChI=1S/C12H18BrN3OS.ClH/c1-15(7-10-6-11(13)18-9-10)8-12(17)16-4-2-14-3-5-16;/h6,9,14H,2-5,7-8H2,1H3;1H. The molecule has 0 spiro atoms. The summed E-state index contributed by atoms with van der Waals surface area (Å²) in [5.74, 6) is 0.230. The summed E-state index contributed by atoms with van der Waals surface area (Å²) in [5, 5.41) is 5.38. The van der Waals surface area contributed by atoms with E-state index in [1.165, 1.54) is 5.56 Å². The number of nitrogens with zero attached hydrogens (tertiary/aromatic N) is 2. The smallest absolute Gasteiger partial charge is 0.236 e. The van der Waals surface area contributed by atoms with Crippen LogP contribution >= 0.6 is 39.7 Å². The number of piperazine rings is 1. The average molecular weight is 369 g/mol. The summed E-state index contributed by atoms with van der Waals surface area (Å²) in [5.41, 5.74) is 1.25. The Kier molecular flexibility index (Phi) is 7.31. The van der Waals surface area contributed by atoms with Gasteiger partial charge in [-0.3, -0.25) is 9.69 Å². The zero-order valence-corrected chi connectivity index (χ0v) is 14.1. The molecule has 1 aromatic rings.